The highest BCUT2D eigenvalue weighted by Crippen LogP contribution is 2.25. The molecule has 0 radical (unpaired) electrons. The van der Waals surface area contributed by atoms with Gasteiger partial charge in [-0.3, -0.25) is 4.79 Å². The summed E-state index contributed by atoms with van der Waals surface area (Å²) < 4.78 is 17.7. The molecule has 0 aliphatic heterocycles. The molecule has 3 rings (SSSR count). The first-order valence-electron chi connectivity index (χ1n) is 11.0. The summed E-state index contributed by atoms with van der Waals surface area (Å²) >= 11 is 0. The summed E-state index contributed by atoms with van der Waals surface area (Å²) in [5.74, 6) is 0.182. The molecule has 3 aromatic carbocycles. The standard InChI is InChI=1S/C25H32O4Si/c1-4-27-30(28-5-2,29-6-3)16-10-9-13-25(26)23-15-14-22-17-20-11-7-8-12-21(20)18-24(22)19-23/h7-8,11-12,14-15,17-19H,4-6,9-10,13,16H2,1-3H3. The molecule has 0 amide bonds. The SMILES string of the molecule is CCO[Si](CCCCC(=O)c1ccc2cc3ccccc3cc2c1)(OCC)OCC. The molecule has 0 unspecified atom stereocenters. The number of benzene rings is 3. The second-order valence-corrected chi connectivity index (χ2v) is 10.1. The Morgan fingerprint density at radius 2 is 1.30 bits per heavy atom. The van der Waals surface area contributed by atoms with E-state index < -0.39 is 8.80 Å². The minimum Gasteiger partial charge on any atom is -0.374 e. The predicted octanol–water partition coefficient (Wildman–Crippen LogP) is 6.39. The van der Waals surface area contributed by atoms with Gasteiger partial charge in [0.15, 0.2) is 5.78 Å². The monoisotopic (exact) mass is 424 g/mol. The number of ketones is 1. The van der Waals surface area contributed by atoms with Gasteiger partial charge in [0.1, 0.15) is 0 Å². The topological polar surface area (TPSA) is 44.8 Å². The molecular formula is C25H32O4Si. The summed E-state index contributed by atoms with van der Waals surface area (Å²) in [6, 6.07) is 19.4. The van der Waals surface area contributed by atoms with Gasteiger partial charge in [-0.1, -0.05) is 36.4 Å². The number of carbonyl (C=O) groups excluding carboxylic acids is 1. The third kappa shape index (κ3) is 5.55. The second kappa shape index (κ2) is 10.8. The van der Waals surface area contributed by atoms with Crippen LogP contribution in [0.15, 0.2) is 54.6 Å². The molecule has 160 valence electrons. The van der Waals surface area contributed by atoms with Crippen LogP contribution in [-0.2, 0) is 13.3 Å². The van der Waals surface area contributed by atoms with E-state index in [1.54, 1.807) is 0 Å². The molecule has 0 aliphatic carbocycles. The number of hydrogen-bond donors (Lipinski definition) is 0. The minimum atomic E-state index is -2.62. The van der Waals surface area contributed by atoms with Gasteiger partial charge in [0.2, 0.25) is 0 Å². The first-order valence-corrected chi connectivity index (χ1v) is 12.9. The Labute approximate surface area is 180 Å². The third-order valence-corrected chi connectivity index (χ3v) is 8.41. The fraction of sp³-hybridized carbons (Fsp3) is 0.400. The zero-order valence-corrected chi connectivity index (χ0v) is 19.3. The molecule has 4 nitrogen and oxygen atoms in total. The lowest BCUT2D eigenvalue weighted by Gasteiger charge is -2.28. The fourth-order valence-corrected chi connectivity index (χ4v) is 6.57. The van der Waals surface area contributed by atoms with Gasteiger partial charge in [0.05, 0.1) is 0 Å². The van der Waals surface area contributed by atoms with Gasteiger partial charge in [-0.25, -0.2) is 0 Å². The number of rotatable bonds is 12. The Bertz CT molecular complexity index is 968. The molecule has 0 saturated carbocycles. The van der Waals surface area contributed by atoms with Crippen LogP contribution in [0.4, 0.5) is 0 Å². The van der Waals surface area contributed by atoms with Gasteiger partial charge >= 0.3 is 8.80 Å². The van der Waals surface area contributed by atoms with Gasteiger partial charge in [0, 0.05) is 37.8 Å². The normalized spacial score (nSPS) is 12.0. The van der Waals surface area contributed by atoms with E-state index in [1.165, 1.54) is 10.8 Å². The van der Waals surface area contributed by atoms with Crippen LogP contribution in [0.5, 0.6) is 0 Å². The Hall–Kier alpha value is -2.05. The number of unbranched alkanes of at least 4 members (excludes halogenated alkanes) is 1. The Balaban J connectivity index is 1.62. The van der Waals surface area contributed by atoms with E-state index in [2.05, 4.69) is 24.3 Å². The number of hydrogen-bond acceptors (Lipinski definition) is 4. The van der Waals surface area contributed by atoms with Crippen LogP contribution in [0.25, 0.3) is 21.5 Å². The maximum atomic E-state index is 12.8. The highest BCUT2D eigenvalue weighted by Gasteiger charge is 2.39. The van der Waals surface area contributed by atoms with Gasteiger partial charge in [0.25, 0.3) is 0 Å². The third-order valence-electron chi connectivity index (χ3n) is 5.26. The first-order chi connectivity index (χ1) is 14.6. The second-order valence-electron chi connectivity index (χ2n) is 7.37. The molecule has 0 saturated heterocycles. The summed E-state index contributed by atoms with van der Waals surface area (Å²) in [4.78, 5) is 12.8. The van der Waals surface area contributed by atoms with Crippen molar-refractivity contribution >= 4 is 36.1 Å². The molecule has 5 heteroatoms. The quantitative estimate of drug-likeness (QED) is 0.146. The molecule has 0 atom stereocenters. The summed E-state index contributed by atoms with van der Waals surface area (Å²) in [6.07, 6.45) is 2.18. The van der Waals surface area contributed by atoms with E-state index in [0.29, 0.717) is 26.2 Å². The maximum absolute atomic E-state index is 12.8. The summed E-state index contributed by atoms with van der Waals surface area (Å²) in [6.45, 7) is 7.63. The molecule has 0 aliphatic rings. The van der Waals surface area contributed by atoms with Gasteiger partial charge in [-0.15, -0.1) is 0 Å². The molecule has 0 heterocycles. The van der Waals surface area contributed by atoms with Gasteiger partial charge in [-0.2, -0.15) is 0 Å². The zero-order valence-electron chi connectivity index (χ0n) is 18.3. The van der Waals surface area contributed by atoms with E-state index in [4.69, 9.17) is 13.3 Å². The zero-order chi connectivity index (χ0) is 21.4. The van der Waals surface area contributed by atoms with Crippen LogP contribution in [0, 0.1) is 0 Å². The fourth-order valence-electron chi connectivity index (χ4n) is 3.89. The highest BCUT2D eigenvalue weighted by molar-refractivity contribution is 6.60. The lowest BCUT2D eigenvalue weighted by molar-refractivity contribution is 0.0703. The van der Waals surface area contributed by atoms with Crippen LogP contribution in [0.3, 0.4) is 0 Å². The van der Waals surface area contributed by atoms with Crippen LogP contribution in [0.2, 0.25) is 6.04 Å². The molecule has 0 bridgehead atoms. The molecular weight excluding hydrogens is 392 g/mol. The Morgan fingerprint density at radius 3 is 1.90 bits per heavy atom. The van der Waals surface area contributed by atoms with Gasteiger partial charge in [-0.05, 0) is 73.4 Å². The predicted molar refractivity (Wildman–Crippen MR) is 125 cm³/mol. The average molecular weight is 425 g/mol. The van der Waals surface area contributed by atoms with Crippen LogP contribution >= 0.6 is 0 Å². The number of Topliss-reactive ketones (excluding diaryl/α,β-unsaturated/α-hetero) is 1. The van der Waals surface area contributed by atoms with Crippen molar-refractivity contribution in [3.63, 3.8) is 0 Å². The lowest BCUT2D eigenvalue weighted by atomic mass is 9.99. The van der Waals surface area contributed by atoms with E-state index in [-0.39, 0.29) is 5.78 Å². The van der Waals surface area contributed by atoms with E-state index in [0.717, 1.165) is 35.2 Å². The van der Waals surface area contributed by atoms with Crippen molar-refractivity contribution in [1.82, 2.24) is 0 Å². The molecule has 0 aromatic heterocycles. The largest absolute Gasteiger partial charge is 0.500 e. The number of carbonyl (C=O) groups is 1. The van der Waals surface area contributed by atoms with Gasteiger partial charge < -0.3 is 13.3 Å². The average Bonchev–Trinajstić information content (AvgIpc) is 2.75. The van der Waals surface area contributed by atoms with Crippen molar-refractivity contribution in [2.45, 2.75) is 46.1 Å². The van der Waals surface area contributed by atoms with Crippen molar-refractivity contribution < 1.29 is 18.1 Å². The molecule has 0 fully saturated rings. The number of fused-ring (bicyclic) bond motifs is 2. The highest BCUT2D eigenvalue weighted by atomic mass is 28.4. The lowest BCUT2D eigenvalue weighted by Crippen LogP contribution is -2.45. The molecule has 0 N–H and O–H groups in total. The molecule has 0 spiro atoms. The van der Waals surface area contributed by atoms with Crippen LogP contribution in [0.1, 0.15) is 50.4 Å². The Morgan fingerprint density at radius 1 is 0.733 bits per heavy atom. The maximum Gasteiger partial charge on any atom is 0.500 e. The minimum absolute atomic E-state index is 0.182. The van der Waals surface area contributed by atoms with Crippen LogP contribution < -0.4 is 0 Å². The van der Waals surface area contributed by atoms with E-state index >= 15 is 0 Å². The summed E-state index contributed by atoms with van der Waals surface area (Å²) in [5, 5.41) is 4.68. The summed E-state index contributed by atoms with van der Waals surface area (Å²) in [7, 11) is -2.62. The van der Waals surface area contributed by atoms with E-state index in [9.17, 15) is 4.79 Å². The van der Waals surface area contributed by atoms with Crippen molar-refractivity contribution in [2.24, 2.45) is 0 Å². The molecule has 30 heavy (non-hydrogen) atoms. The van der Waals surface area contributed by atoms with Crippen LogP contribution in [-0.4, -0.2) is 34.4 Å². The van der Waals surface area contributed by atoms with Crippen molar-refractivity contribution in [3.05, 3.63) is 60.2 Å². The summed E-state index contributed by atoms with van der Waals surface area (Å²) in [5.41, 5.74) is 0.778. The smallest absolute Gasteiger partial charge is 0.374 e. The van der Waals surface area contributed by atoms with Crippen molar-refractivity contribution in [2.75, 3.05) is 19.8 Å². The molecule has 3 aromatic rings. The van der Waals surface area contributed by atoms with Crippen molar-refractivity contribution in [1.29, 1.82) is 0 Å². The van der Waals surface area contributed by atoms with Crippen molar-refractivity contribution in [3.8, 4) is 0 Å². The van der Waals surface area contributed by atoms with E-state index in [1.807, 2.05) is 51.1 Å². The Kier molecular flexibility index (Phi) is 8.16. The first kappa shape index (κ1) is 22.6.